The van der Waals surface area contributed by atoms with Crippen LogP contribution >= 0.6 is 0 Å². The van der Waals surface area contributed by atoms with Crippen LogP contribution in [0.5, 0.6) is 0 Å². The molecule has 0 N–H and O–H groups in total. The highest BCUT2D eigenvalue weighted by Crippen LogP contribution is 2.39. The van der Waals surface area contributed by atoms with E-state index in [0.29, 0.717) is 16.8 Å². The van der Waals surface area contributed by atoms with E-state index < -0.39 is 0 Å². The molecule has 0 spiro atoms. The normalized spacial score (nSPS) is 11.3. The van der Waals surface area contributed by atoms with Crippen LogP contribution in [-0.4, -0.2) is 9.13 Å². The Morgan fingerprint density at radius 2 is 0.857 bits per heavy atom. The quantitative estimate of drug-likeness (QED) is 0.227. The fraction of sp³-hybridized carbons (Fsp3) is 0. The molecule has 0 saturated carbocycles. The number of nitrogens with zero attached hydrogens (tertiary/aromatic N) is 4. The summed E-state index contributed by atoms with van der Waals surface area (Å²) in [5.41, 5.74) is 8.49. The van der Waals surface area contributed by atoms with E-state index in [1.165, 1.54) is 10.8 Å². The Morgan fingerprint density at radius 3 is 1.33 bits per heavy atom. The van der Waals surface area contributed by atoms with Gasteiger partial charge in [-0.15, -0.1) is 0 Å². The molecule has 4 heteroatoms. The lowest BCUT2D eigenvalue weighted by Gasteiger charge is -2.17. The molecule has 0 radical (unpaired) electrons. The molecular formula is C38H22N4. The summed E-state index contributed by atoms with van der Waals surface area (Å²) in [7, 11) is 0. The molecule has 0 aliphatic carbocycles. The van der Waals surface area contributed by atoms with Crippen molar-refractivity contribution in [1.82, 2.24) is 9.13 Å². The smallest absolute Gasteiger partial charge is 0.103 e. The SMILES string of the molecule is N#Cc1cc(-c2ccccc2-n2c3ccccc3c3ccccc32)cc(-n2c3ccccc3c3ccccc32)c1C#N. The van der Waals surface area contributed by atoms with Gasteiger partial charge in [0.1, 0.15) is 12.1 Å². The molecule has 2 aromatic heterocycles. The van der Waals surface area contributed by atoms with Crippen LogP contribution in [0.4, 0.5) is 0 Å². The maximum Gasteiger partial charge on any atom is 0.103 e. The summed E-state index contributed by atoms with van der Waals surface area (Å²) in [6.45, 7) is 0. The average Bonchev–Trinajstić information content (AvgIpc) is 3.57. The van der Waals surface area contributed by atoms with Gasteiger partial charge in [-0.3, -0.25) is 0 Å². The van der Waals surface area contributed by atoms with Crippen molar-refractivity contribution < 1.29 is 0 Å². The van der Waals surface area contributed by atoms with Crippen LogP contribution in [-0.2, 0) is 0 Å². The predicted octanol–water partition coefficient (Wildman–Crippen LogP) is 9.29. The molecule has 0 aliphatic rings. The lowest BCUT2D eigenvalue weighted by atomic mass is 9.96. The van der Waals surface area contributed by atoms with Gasteiger partial charge >= 0.3 is 0 Å². The molecule has 0 atom stereocenters. The van der Waals surface area contributed by atoms with E-state index in [1.54, 1.807) is 0 Å². The number of para-hydroxylation sites is 5. The van der Waals surface area contributed by atoms with E-state index in [-0.39, 0.29) is 0 Å². The first kappa shape index (κ1) is 23.8. The van der Waals surface area contributed by atoms with Crippen molar-refractivity contribution in [2.45, 2.75) is 0 Å². The Labute approximate surface area is 242 Å². The first-order valence-corrected chi connectivity index (χ1v) is 13.8. The molecule has 42 heavy (non-hydrogen) atoms. The maximum atomic E-state index is 10.4. The summed E-state index contributed by atoms with van der Waals surface area (Å²) >= 11 is 0. The van der Waals surface area contributed by atoms with Gasteiger partial charge in [-0.1, -0.05) is 91.0 Å². The topological polar surface area (TPSA) is 57.4 Å². The molecule has 194 valence electrons. The molecule has 8 rings (SSSR count). The highest BCUT2D eigenvalue weighted by atomic mass is 15.0. The minimum Gasteiger partial charge on any atom is -0.309 e. The van der Waals surface area contributed by atoms with Crippen LogP contribution in [0.25, 0.3) is 66.1 Å². The summed E-state index contributed by atoms with van der Waals surface area (Å²) in [5.74, 6) is 0. The van der Waals surface area contributed by atoms with Crippen LogP contribution in [0, 0.1) is 22.7 Å². The Bertz CT molecular complexity index is 2340. The van der Waals surface area contributed by atoms with Crippen LogP contribution in [0.2, 0.25) is 0 Å². The monoisotopic (exact) mass is 534 g/mol. The van der Waals surface area contributed by atoms with Gasteiger partial charge in [0.05, 0.1) is 44.6 Å². The van der Waals surface area contributed by atoms with Crippen molar-refractivity contribution in [3.05, 3.63) is 145 Å². The first-order valence-electron chi connectivity index (χ1n) is 13.8. The van der Waals surface area contributed by atoms with Gasteiger partial charge in [0, 0.05) is 27.1 Å². The molecule has 0 unspecified atom stereocenters. The van der Waals surface area contributed by atoms with Crippen LogP contribution in [0.3, 0.4) is 0 Å². The average molecular weight is 535 g/mol. The van der Waals surface area contributed by atoms with E-state index in [0.717, 1.165) is 49.7 Å². The van der Waals surface area contributed by atoms with Crippen LogP contribution < -0.4 is 0 Å². The van der Waals surface area contributed by atoms with E-state index >= 15 is 0 Å². The van der Waals surface area contributed by atoms with Crippen molar-refractivity contribution in [1.29, 1.82) is 10.5 Å². The number of hydrogen-bond donors (Lipinski definition) is 0. The third-order valence-corrected chi connectivity index (χ3v) is 8.21. The van der Waals surface area contributed by atoms with Gasteiger partial charge in [-0.05, 0) is 48.0 Å². The molecule has 0 amide bonds. The van der Waals surface area contributed by atoms with E-state index in [2.05, 4.69) is 112 Å². The van der Waals surface area contributed by atoms with Crippen molar-refractivity contribution >= 4 is 43.6 Å². The Morgan fingerprint density at radius 1 is 0.429 bits per heavy atom. The lowest BCUT2D eigenvalue weighted by Crippen LogP contribution is -2.02. The second kappa shape index (κ2) is 9.24. The third-order valence-electron chi connectivity index (χ3n) is 8.21. The van der Waals surface area contributed by atoms with Gasteiger partial charge in [-0.2, -0.15) is 10.5 Å². The molecule has 0 bridgehead atoms. The summed E-state index contributed by atoms with van der Waals surface area (Å²) in [4.78, 5) is 0. The van der Waals surface area contributed by atoms with Crippen molar-refractivity contribution in [2.24, 2.45) is 0 Å². The molecule has 4 nitrogen and oxygen atoms in total. The molecule has 0 saturated heterocycles. The Balaban J connectivity index is 1.47. The van der Waals surface area contributed by atoms with Crippen molar-refractivity contribution in [3.8, 4) is 34.6 Å². The second-order valence-electron chi connectivity index (χ2n) is 10.4. The van der Waals surface area contributed by atoms with E-state index in [9.17, 15) is 10.5 Å². The summed E-state index contributed by atoms with van der Waals surface area (Å²) in [6, 6.07) is 50.2. The molecule has 0 aliphatic heterocycles. The zero-order chi connectivity index (χ0) is 28.2. The maximum absolute atomic E-state index is 10.4. The fourth-order valence-electron chi connectivity index (χ4n) is 6.44. The molecular weight excluding hydrogens is 512 g/mol. The number of benzene rings is 6. The second-order valence-corrected chi connectivity index (χ2v) is 10.4. The number of fused-ring (bicyclic) bond motifs is 6. The summed E-state index contributed by atoms with van der Waals surface area (Å²) in [6.07, 6.45) is 0. The Hall–Kier alpha value is -6.10. The highest BCUT2D eigenvalue weighted by molar-refractivity contribution is 6.11. The molecule has 8 aromatic rings. The van der Waals surface area contributed by atoms with Gasteiger partial charge in [0.15, 0.2) is 0 Å². The minimum absolute atomic E-state index is 0.351. The van der Waals surface area contributed by atoms with Crippen LogP contribution in [0.15, 0.2) is 133 Å². The molecule has 0 fully saturated rings. The fourth-order valence-corrected chi connectivity index (χ4v) is 6.44. The van der Waals surface area contributed by atoms with Gasteiger partial charge in [0.25, 0.3) is 0 Å². The number of nitriles is 2. The van der Waals surface area contributed by atoms with Gasteiger partial charge in [0.2, 0.25) is 0 Å². The zero-order valence-corrected chi connectivity index (χ0v) is 22.5. The van der Waals surface area contributed by atoms with E-state index in [4.69, 9.17) is 0 Å². The largest absolute Gasteiger partial charge is 0.309 e. The Kier molecular flexibility index (Phi) is 5.22. The summed E-state index contributed by atoms with van der Waals surface area (Å²) in [5, 5.41) is 25.2. The minimum atomic E-state index is 0.351. The number of rotatable bonds is 3. The molecule has 2 heterocycles. The third kappa shape index (κ3) is 3.33. The number of aromatic nitrogens is 2. The highest BCUT2D eigenvalue weighted by Gasteiger charge is 2.21. The van der Waals surface area contributed by atoms with Crippen molar-refractivity contribution in [3.63, 3.8) is 0 Å². The standard InChI is InChI=1S/C38H22N4/c39-23-26-21-25(22-38(32(26)24-40)42-36-19-9-4-14-30(36)31-15-5-10-20-37(31)42)27-11-1-6-16-33(27)41-34-17-7-2-12-28(34)29-13-3-8-18-35(29)41/h1-22H. The summed E-state index contributed by atoms with van der Waals surface area (Å²) < 4.78 is 4.42. The predicted molar refractivity (Wildman–Crippen MR) is 170 cm³/mol. The lowest BCUT2D eigenvalue weighted by molar-refractivity contribution is 1.16. The van der Waals surface area contributed by atoms with E-state index in [1.807, 2.05) is 42.5 Å². The zero-order valence-electron chi connectivity index (χ0n) is 22.5. The van der Waals surface area contributed by atoms with Gasteiger partial charge < -0.3 is 9.13 Å². The molecule has 6 aromatic carbocycles. The number of hydrogen-bond acceptors (Lipinski definition) is 2. The van der Waals surface area contributed by atoms with Gasteiger partial charge in [-0.25, -0.2) is 0 Å². The van der Waals surface area contributed by atoms with Crippen molar-refractivity contribution in [2.75, 3.05) is 0 Å². The first-order chi connectivity index (χ1) is 20.8. The van der Waals surface area contributed by atoms with Crippen LogP contribution in [0.1, 0.15) is 11.1 Å².